The van der Waals surface area contributed by atoms with E-state index in [0.717, 1.165) is 18.7 Å². The van der Waals surface area contributed by atoms with Crippen LogP contribution in [0.5, 0.6) is 0 Å². The number of nitrogens with one attached hydrogen (secondary N) is 2. The van der Waals surface area contributed by atoms with Crippen LogP contribution in [-0.4, -0.2) is 27.2 Å². The number of hydrogen-bond donors (Lipinski definition) is 2. The van der Waals surface area contributed by atoms with Gasteiger partial charge in [0.05, 0.1) is 0 Å². The molecule has 1 aliphatic heterocycles. The van der Waals surface area contributed by atoms with Crippen LogP contribution in [0.3, 0.4) is 0 Å². The number of anilines is 1. The van der Waals surface area contributed by atoms with E-state index in [1.165, 1.54) is 11.5 Å². The van der Waals surface area contributed by atoms with Gasteiger partial charge in [0.1, 0.15) is 11.9 Å². The first-order valence-corrected chi connectivity index (χ1v) is 6.43. The van der Waals surface area contributed by atoms with E-state index >= 15 is 0 Å². The van der Waals surface area contributed by atoms with Crippen LogP contribution in [0, 0.1) is 0 Å². The van der Waals surface area contributed by atoms with Gasteiger partial charge in [-0.3, -0.25) is 14.9 Å². The number of amides is 2. The SMILES string of the molecule is O=C1CCC(Nc2nc(C3CC3)ns2)C(=O)N1. The Morgan fingerprint density at radius 1 is 1.29 bits per heavy atom. The van der Waals surface area contributed by atoms with E-state index in [9.17, 15) is 9.59 Å². The second kappa shape index (κ2) is 4.06. The molecule has 1 aliphatic carbocycles. The van der Waals surface area contributed by atoms with Gasteiger partial charge in [-0.05, 0) is 19.3 Å². The van der Waals surface area contributed by atoms with Gasteiger partial charge in [-0.2, -0.15) is 4.37 Å². The van der Waals surface area contributed by atoms with E-state index in [2.05, 4.69) is 20.0 Å². The van der Waals surface area contributed by atoms with Gasteiger partial charge in [0.15, 0.2) is 0 Å². The molecular weight excluding hydrogens is 240 g/mol. The van der Waals surface area contributed by atoms with Crippen molar-refractivity contribution in [3.05, 3.63) is 5.82 Å². The lowest BCUT2D eigenvalue weighted by Gasteiger charge is -2.20. The van der Waals surface area contributed by atoms with E-state index in [0.29, 0.717) is 23.9 Å². The van der Waals surface area contributed by atoms with Gasteiger partial charge < -0.3 is 5.32 Å². The second-order valence-corrected chi connectivity index (χ2v) is 5.13. The second-order valence-electron chi connectivity index (χ2n) is 4.38. The Labute approximate surface area is 102 Å². The Balaban J connectivity index is 1.65. The number of hydrogen-bond acceptors (Lipinski definition) is 6. The molecule has 90 valence electrons. The van der Waals surface area contributed by atoms with Gasteiger partial charge in [0, 0.05) is 23.9 Å². The lowest BCUT2D eigenvalue weighted by Crippen LogP contribution is -2.47. The summed E-state index contributed by atoms with van der Waals surface area (Å²) in [6, 6.07) is -0.368. The highest BCUT2D eigenvalue weighted by atomic mass is 32.1. The van der Waals surface area contributed by atoms with E-state index < -0.39 is 0 Å². The summed E-state index contributed by atoms with van der Waals surface area (Å²) in [5.74, 6) is 0.918. The maximum absolute atomic E-state index is 11.5. The molecule has 0 aromatic carbocycles. The smallest absolute Gasteiger partial charge is 0.249 e. The standard InChI is InChI=1S/C10H12N4O2S/c15-7-4-3-6(9(16)12-7)11-10-13-8(14-17-10)5-1-2-5/h5-6H,1-4H2,(H,11,13,14)(H,12,15,16). The molecule has 0 radical (unpaired) electrons. The average Bonchev–Trinajstić information content (AvgIpc) is 3.04. The largest absolute Gasteiger partial charge is 0.348 e. The van der Waals surface area contributed by atoms with Gasteiger partial charge in [-0.1, -0.05) is 0 Å². The van der Waals surface area contributed by atoms with Crippen LogP contribution in [0.1, 0.15) is 37.4 Å². The number of carbonyl (C=O) groups excluding carboxylic acids is 2. The monoisotopic (exact) mass is 252 g/mol. The molecule has 17 heavy (non-hydrogen) atoms. The molecule has 3 rings (SSSR count). The maximum atomic E-state index is 11.5. The molecule has 2 amide bonds. The highest BCUT2D eigenvalue weighted by molar-refractivity contribution is 7.09. The van der Waals surface area contributed by atoms with Gasteiger partial charge in [-0.15, -0.1) is 0 Å². The molecule has 0 spiro atoms. The van der Waals surface area contributed by atoms with Crippen molar-refractivity contribution in [2.75, 3.05) is 5.32 Å². The molecule has 1 saturated carbocycles. The van der Waals surface area contributed by atoms with Gasteiger partial charge in [0.25, 0.3) is 0 Å². The van der Waals surface area contributed by atoms with Crippen LogP contribution >= 0.6 is 11.5 Å². The number of piperidine rings is 1. The molecule has 1 saturated heterocycles. The number of nitrogens with zero attached hydrogens (tertiary/aromatic N) is 2. The lowest BCUT2D eigenvalue weighted by molar-refractivity contribution is -0.133. The first kappa shape index (κ1) is 10.6. The molecule has 0 bridgehead atoms. The normalized spacial score (nSPS) is 24.6. The third-order valence-corrected chi connectivity index (χ3v) is 3.58. The molecule has 1 aromatic rings. The van der Waals surface area contributed by atoms with Crippen molar-refractivity contribution in [2.45, 2.75) is 37.6 Å². The molecule has 1 unspecified atom stereocenters. The first-order valence-electron chi connectivity index (χ1n) is 5.66. The van der Waals surface area contributed by atoms with Gasteiger partial charge >= 0.3 is 0 Å². The third-order valence-electron chi connectivity index (χ3n) is 2.92. The van der Waals surface area contributed by atoms with Crippen LogP contribution in [0.2, 0.25) is 0 Å². The van der Waals surface area contributed by atoms with Crippen molar-refractivity contribution < 1.29 is 9.59 Å². The molecule has 1 atom stereocenters. The molecule has 2 aliphatic rings. The molecule has 2 heterocycles. The van der Waals surface area contributed by atoms with Crippen LogP contribution in [0.4, 0.5) is 5.13 Å². The summed E-state index contributed by atoms with van der Waals surface area (Å²) in [6.45, 7) is 0. The number of aromatic nitrogens is 2. The zero-order chi connectivity index (χ0) is 11.8. The van der Waals surface area contributed by atoms with Crippen molar-refractivity contribution >= 4 is 28.5 Å². The topological polar surface area (TPSA) is 84.0 Å². The Morgan fingerprint density at radius 2 is 2.12 bits per heavy atom. The number of imide groups is 1. The molecule has 2 N–H and O–H groups in total. The van der Waals surface area contributed by atoms with E-state index in [1.807, 2.05) is 0 Å². The average molecular weight is 252 g/mol. The zero-order valence-electron chi connectivity index (χ0n) is 9.10. The Hall–Kier alpha value is -1.50. The van der Waals surface area contributed by atoms with Crippen molar-refractivity contribution in [1.29, 1.82) is 0 Å². The van der Waals surface area contributed by atoms with Gasteiger partial charge in [0.2, 0.25) is 16.9 Å². The van der Waals surface area contributed by atoms with Crippen molar-refractivity contribution in [3.8, 4) is 0 Å². The highest BCUT2D eigenvalue weighted by Crippen LogP contribution is 2.39. The van der Waals surface area contributed by atoms with Crippen LogP contribution in [-0.2, 0) is 9.59 Å². The fraction of sp³-hybridized carbons (Fsp3) is 0.600. The quantitative estimate of drug-likeness (QED) is 0.771. The third kappa shape index (κ3) is 2.28. The fourth-order valence-electron chi connectivity index (χ4n) is 1.78. The molecule has 7 heteroatoms. The minimum atomic E-state index is -0.368. The molecule has 6 nitrogen and oxygen atoms in total. The van der Waals surface area contributed by atoms with Gasteiger partial charge in [-0.25, -0.2) is 4.98 Å². The summed E-state index contributed by atoms with van der Waals surface area (Å²) in [5, 5.41) is 6.01. The predicted octanol–water partition coefficient (Wildman–Crippen LogP) is 0.633. The van der Waals surface area contributed by atoms with Crippen LogP contribution in [0.15, 0.2) is 0 Å². The minimum absolute atomic E-state index is 0.205. The first-order chi connectivity index (χ1) is 8.22. The summed E-state index contributed by atoms with van der Waals surface area (Å²) >= 11 is 1.28. The summed E-state index contributed by atoms with van der Waals surface area (Å²) in [6.07, 6.45) is 3.21. The Bertz CT molecular complexity index is 469. The van der Waals surface area contributed by atoms with E-state index in [-0.39, 0.29) is 17.9 Å². The molecule has 2 fully saturated rings. The summed E-state index contributed by atoms with van der Waals surface area (Å²) in [4.78, 5) is 26.9. The van der Waals surface area contributed by atoms with Crippen molar-refractivity contribution in [1.82, 2.24) is 14.7 Å². The highest BCUT2D eigenvalue weighted by Gasteiger charge is 2.30. The lowest BCUT2D eigenvalue weighted by atomic mass is 10.1. The van der Waals surface area contributed by atoms with Crippen molar-refractivity contribution in [3.63, 3.8) is 0 Å². The fourth-order valence-corrected chi connectivity index (χ4v) is 2.48. The minimum Gasteiger partial charge on any atom is -0.348 e. The van der Waals surface area contributed by atoms with E-state index in [1.54, 1.807) is 0 Å². The summed E-state index contributed by atoms with van der Waals surface area (Å²) in [5.41, 5.74) is 0. The summed E-state index contributed by atoms with van der Waals surface area (Å²) < 4.78 is 4.25. The van der Waals surface area contributed by atoms with E-state index in [4.69, 9.17) is 0 Å². The molecule has 1 aromatic heterocycles. The Morgan fingerprint density at radius 3 is 2.82 bits per heavy atom. The number of rotatable bonds is 3. The van der Waals surface area contributed by atoms with Crippen molar-refractivity contribution in [2.24, 2.45) is 0 Å². The predicted molar refractivity (Wildman–Crippen MR) is 61.7 cm³/mol. The maximum Gasteiger partial charge on any atom is 0.249 e. The summed E-state index contributed by atoms with van der Waals surface area (Å²) in [7, 11) is 0. The molecular formula is C10H12N4O2S. The van der Waals surface area contributed by atoms with Crippen LogP contribution in [0.25, 0.3) is 0 Å². The zero-order valence-corrected chi connectivity index (χ0v) is 9.92. The number of carbonyl (C=O) groups is 2. The van der Waals surface area contributed by atoms with Crippen LogP contribution < -0.4 is 10.6 Å². The Kier molecular flexibility index (Phi) is 2.54.